The maximum Gasteiger partial charge on any atom is 0.268 e. The van der Waals surface area contributed by atoms with Gasteiger partial charge in [-0.25, -0.2) is 0 Å². The first kappa shape index (κ1) is 16.3. The molecule has 0 atom stereocenters. The molecule has 4 nitrogen and oxygen atoms in total. The van der Waals surface area contributed by atoms with Crippen LogP contribution in [0.2, 0.25) is 10.2 Å². The van der Waals surface area contributed by atoms with E-state index in [1.165, 1.54) is 10.6 Å². The van der Waals surface area contributed by atoms with Crippen molar-refractivity contribution in [3.8, 4) is 0 Å². The summed E-state index contributed by atoms with van der Waals surface area (Å²) in [4.78, 5) is 12.1. The van der Waals surface area contributed by atoms with E-state index in [2.05, 4.69) is 5.32 Å². The van der Waals surface area contributed by atoms with Gasteiger partial charge < -0.3 is 15.0 Å². The smallest absolute Gasteiger partial charge is 0.268 e. The summed E-state index contributed by atoms with van der Waals surface area (Å²) >= 11 is 11.8. The van der Waals surface area contributed by atoms with Crippen LogP contribution in [0.3, 0.4) is 0 Å². The number of hydrogen-bond donors (Lipinski definition) is 2. The Bertz CT molecular complexity index is 445. The number of nitrogens with zero attached hydrogens (tertiary/aromatic N) is 1. The quantitative estimate of drug-likeness (QED) is 0.849. The van der Waals surface area contributed by atoms with E-state index in [1.54, 1.807) is 7.05 Å². The molecule has 1 rings (SSSR count). The maximum absolute atomic E-state index is 12.1. The molecule has 0 saturated heterocycles. The predicted molar refractivity (Wildman–Crippen MR) is 77.9 cm³/mol. The SMILES string of the molecule is CCC(CC)(CO)CNC(=O)c1cc(Cl)c(Cl)n1C. The van der Waals surface area contributed by atoms with E-state index in [-0.39, 0.29) is 17.9 Å². The first-order chi connectivity index (χ1) is 8.90. The maximum atomic E-state index is 12.1. The third-order valence-electron chi connectivity index (χ3n) is 3.81. The van der Waals surface area contributed by atoms with Crippen molar-refractivity contribution < 1.29 is 9.90 Å². The van der Waals surface area contributed by atoms with Crippen molar-refractivity contribution in [3.05, 3.63) is 21.9 Å². The molecule has 0 spiro atoms. The predicted octanol–water partition coefficient (Wildman–Crippen LogP) is 2.86. The molecule has 108 valence electrons. The van der Waals surface area contributed by atoms with Crippen LogP contribution >= 0.6 is 23.2 Å². The summed E-state index contributed by atoms with van der Waals surface area (Å²) in [6, 6.07) is 1.54. The van der Waals surface area contributed by atoms with Gasteiger partial charge in [0, 0.05) is 19.0 Å². The van der Waals surface area contributed by atoms with Crippen LogP contribution in [0.15, 0.2) is 6.07 Å². The lowest BCUT2D eigenvalue weighted by atomic mass is 9.83. The molecule has 1 aromatic heterocycles. The molecule has 0 aliphatic rings. The van der Waals surface area contributed by atoms with Crippen molar-refractivity contribution in [2.75, 3.05) is 13.2 Å². The largest absolute Gasteiger partial charge is 0.396 e. The van der Waals surface area contributed by atoms with Crippen molar-refractivity contribution >= 4 is 29.1 Å². The molecule has 0 fully saturated rings. The highest BCUT2D eigenvalue weighted by molar-refractivity contribution is 6.41. The molecule has 2 N–H and O–H groups in total. The Kier molecular flexibility index (Phi) is 5.71. The lowest BCUT2D eigenvalue weighted by Gasteiger charge is -2.29. The van der Waals surface area contributed by atoms with Gasteiger partial charge in [0.2, 0.25) is 0 Å². The summed E-state index contributed by atoms with van der Waals surface area (Å²) in [5.74, 6) is -0.240. The summed E-state index contributed by atoms with van der Waals surface area (Å²) < 4.78 is 1.54. The highest BCUT2D eigenvalue weighted by Crippen LogP contribution is 2.26. The first-order valence-electron chi connectivity index (χ1n) is 6.30. The molecule has 1 aromatic rings. The second-order valence-corrected chi connectivity index (χ2v) is 5.54. The topological polar surface area (TPSA) is 54.3 Å². The Morgan fingerprint density at radius 3 is 2.37 bits per heavy atom. The van der Waals surface area contributed by atoms with Crippen LogP contribution in [0.1, 0.15) is 37.2 Å². The van der Waals surface area contributed by atoms with Gasteiger partial charge in [-0.3, -0.25) is 4.79 Å². The Labute approximate surface area is 123 Å². The monoisotopic (exact) mass is 306 g/mol. The van der Waals surface area contributed by atoms with Crippen LogP contribution in [0.25, 0.3) is 0 Å². The average Bonchev–Trinajstić information content (AvgIpc) is 2.68. The van der Waals surface area contributed by atoms with Gasteiger partial charge in [0.25, 0.3) is 5.91 Å². The Morgan fingerprint density at radius 2 is 2.00 bits per heavy atom. The zero-order valence-corrected chi connectivity index (χ0v) is 13.0. The third-order valence-corrected chi connectivity index (χ3v) is 4.65. The van der Waals surface area contributed by atoms with Gasteiger partial charge >= 0.3 is 0 Å². The van der Waals surface area contributed by atoms with Crippen molar-refractivity contribution in [1.29, 1.82) is 0 Å². The fraction of sp³-hybridized carbons (Fsp3) is 0.615. The molecular formula is C13H20Cl2N2O2. The molecule has 0 radical (unpaired) electrons. The van der Waals surface area contributed by atoms with E-state index in [9.17, 15) is 9.90 Å². The van der Waals surface area contributed by atoms with Gasteiger partial charge in [-0.15, -0.1) is 0 Å². The van der Waals surface area contributed by atoms with Crippen molar-refractivity contribution in [2.24, 2.45) is 12.5 Å². The minimum atomic E-state index is -0.269. The fourth-order valence-electron chi connectivity index (χ4n) is 1.90. The molecule has 1 amide bonds. The van der Waals surface area contributed by atoms with Crippen LogP contribution < -0.4 is 5.32 Å². The van der Waals surface area contributed by atoms with E-state index in [0.717, 1.165) is 12.8 Å². The van der Waals surface area contributed by atoms with E-state index >= 15 is 0 Å². The highest BCUT2D eigenvalue weighted by Gasteiger charge is 2.26. The number of amides is 1. The molecule has 19 heavy (non-hydrogen) atoms. The number of nitrogens with one attached hydrogen (secondary N) is 1. The summed E-state index contributed by atoms with van der Waals surface area (Å²) in [6.45, 7) is 4.48. The van der Waals surface area contributed by atoms with Gasteiger partial charge in [0.1, 0.15) is 10.8 Å². The van der Waals surface area contributed by atoms with Crippen LogP contribution in [0, 0.1) is 5.41 Å². The summed E-state index contributed by atoms with van der Waals surface area (Å²) in [5.41, 5.74) is 0.142. The molecule has 0 aliphatic carbocycles. The normalized spacial score (nSPS) is 11.7. The number of aliphatic hydroxyl groups excluding tert-OH is 1. The Hall–Kier alpha value is -0.710. The zero-order chi connectivity index (χ0) is 14.6. The molecule has 0 bridgehead atoms. The number of aromatic nitrogens is 1. The number of hydrogen-bond acceptors (Lipinski definition) is 2. The summed E-state index contributed by atoms with van der Waals surface area (Å²) in [5, 5.41) is 13.0. The minimum Gasteiger partial charge on any atom is -0.396 e. The fourth-order valence-corrected chi connectivity index (χ4v) is 2.27. The Balaban J connectivity index is 2.78. The average molecular weight is 307 g/mol. The second kappa shape index (κ2) is 6.64. The van der Waals surface area contributed by atoms with Crippen molar-refractivity contribution in [3.63, 3.8) is 0 Å². The number of rotatable bonds is 6. The molecule has 0 saturated carbocycles. The highest BCUT2D eigenvalue weighted by atomic mass is 35.5. The summed E-state index contributed by atoms with van der Waals surface area (Å²) in [7, 11) is 1.68. The van der Waals surface area contributed by atoms with Crippen molar-refractivity contribution in [1.82, 2.24) is 9.88 Å². The van der Waals surface area contributed by atoms with Crippen LogP contribution in [-0.4, -0.2) is 28.7 Å². The first-order valence-corrected chi connectivity index (χ1v) is 7.06. The van der Waals surface area contributed by atoms with E-state index in [4.69, 9.17) is 23.2 Å². The van der Waals surface area contributed by atoms with Gasteiger partial charge in [-0.05, 0) is 18.9 Å². The Morgan fingerprint density at radius 1 is 1.42 bits per heavy atom. The van der Waals surface area contributed by atoms with E-state index < -0.39 is 0 Å². The van der Waals surface area contributed by atoms with Gasteiger partial charge in [-0.2, -0.15) is 0 Å². The van der Waals surface area contributed by atoms with Crippen LogP contribution in [-0.2, 0) is 7.05 Å². The zero-order valence-electron chi connectivity index (χ0n) is 11.5. The molecule has 1 heterocycles. The standard InChI is InChI=1S/C13H20Cl2N2O2/c1-4-13(5-2,8-18)7-16-12(19)10-6-9(14)11(15)17(10)3/h6,18H,4-5,7-8H2,1-3H3,(H,16,19). The second-order valence-electron chi connectivity index (χ2n) is 4.78. The lowest BCUT2D eigenvalue weighted by Crippen LogP contribution is -2.39. The molecule has 0 unspecified atom stereocenters. The number of halogens is 2. The lowest BCUT2D eigenvalue weighted by molar-refractivity contribution is 0.0844. The van der Waals surface area contributed by atoms with Gasteiger partial charge in [0.05, 0.1) is 11.6 Å². The number of carbonyl (C=O) groups excluding carboxylic acids is 1. The van der Waals surface area contributed by atoms with Crippen LogP contribution in [0.4, 0.5) is 0 Å². The van der Waals surface area contributed by atoms with Gasteiger partial charge in [-0.1, -0.05) is 37.0 Å². The van der Waals surface area contributed by atoms with Gasteiger partial charge in [0.15, 0.2) is 0 Å². The molecule has 0 aromatic carbocycles. The number of aliphatic hydroxyl groups is 1. The van der Waals surface area contributed by atoms with Crippen molar-refractivity contribution in [2.45, 2.75) is 26.7 Å². The van der Waals surface area contributed by atoms with E-state index in [1.807, 2.05) is 13.8 Å². The number of carbonyl (C=O) groups is 1. The minimum absolute atomic E-state index is 0.0505. The van der Waals surface area contributed by atoms with Crippen LogP contribution in [0.5, 0.6) is 0 Å². The summed E-state index contributed by atoms with van der Waals surface area (Å²) in [6.07, 6.45) is 1.60. The third kappa shape index (κ3) is 3.44. The molecule has 6 heteroatoms. The molecule has 0 aliphatic heterocycles. The molecular weight excluding hydrogens is 287 g/mol. The van der Waals surface area contributed by atoms with E-state index in [0.29, 0.717) is 22.4 Å².